The summed E-state index contributed by atoms with van der Waals surface area (Å²) in [5.74, 6) is -0.122. The van der Waals surface area contributed by atoms with Gasteiger partial charge in [0.2, 0.25) is 0 Å². The number of halogens is 1. The molecule has 2 rings (SSSR count). The quantitative estimate of drug-likeness (QED) is 0.831. The van der Waals surface area contributed by atoms with Gasteiger partial charge in [0.1, 0.15) is 5.82 Å². The third-order valence-electron chi connectivity index (χ3n) is 2.68. The lowest BCUT2D eigenvalue weighted by molar-refractivity contribution is 0.638. The maximum Gasteiger partial charge on any atom is 0.132 e. The molecule has 0 atom stereocenters. The van der Waals surface area contributed by atoms with E-state index in [1.54, 1.807) is 17.4 Å². The minimum Gasteiger partial charge on any atom is -0.330 e. The van der Waals surface area contributed by atoms with Crippen molar-refractivity contribution in [2.75, 3.05) is 6.54 Å². The standard InChI is InChI=1S/C12H14FNS/c1-7-3-4-10(13)11-9(5-6-14)8(2)15-12(7)11/h3-4H,5-6,14H2,1-2H3. The van der Waals surface area contributed by atoms with Crippen molar-refractivity contribution in [3.8, 4) is 0 Å². The fraction of sp³-hybridized carbons (Fsp3) is 0.333. The van der Waals surface area contributed by atoms with E-state index >= 15 is 0 Å². The Morgan fingerprint density at radius 2 is 2.07 bits per heavy atom. The van der Waals surface area contributed by atoms with E-state index < -0.39 is 0 Å². The first-order valence-electron chi connectivity index (χ1n) is 5.02. The summed E-state index contributed by atoms with van der Waals surface area (Å²) in [7, 11) is 0. The van der Waals surface area contributed by atoms with Crippen LogP contribution >= 0.6 is 11.3 Å². The van der Waals surface area contributed by atoms with E-state index in [0.29, 0.717) is 6.54 Å². The van der Waals surface area contributed by atoms with Crippen LogP contribution in [0, 0.1) is 19.7 Å². The van der Waals surface area contributed by atoms with Crippen LogP contribution in [0.4, 0.5) is 4.39 Å². The van der Waals surface area contributed by atoms with Gasteiger partial charge in [-0.15, -0.1) is 11.3 Å². The van der Waals surface area contributed by atoms with Gasteiger partial charge in [0.25, 0.3) is 0 Å². The van der Waals surface area contributed by atoms with Crippen LogP contribution in [-0.2, 0) is 6.42 Å². The zero-order chi connectivity index (χ0) is 11.0. The number of rotatable bonds is 2. The van der Waals surface area contributed by atoms with Gasteiger partial charge in [-0.2, -0.15) is 0 Å². The molecule has 15 heavy (non-hydrogen) atoms. The Kier molecular flexibility index (Phi) is 2.76. The number of hydrogen-bond donors (Lipinski definition) is 1. The zero-order valence-electron chi connectivity index (χ0n) is 8.93. The molecule has 2 aromatic rings. The normalized spacial score (nSPS) is 11.2. The highest BCUT2D eigenvalue weighted by atomic mass is 32.1. The van der Waals surface area contributed by atoms with Gasteiger partial charge in [0, 0.05) is 15.0 Å². The van der Waals surface area contributed by atoms with Gasteiger partial charge >= 0.3 is 0 Å². The number of fused-ring (bicyclic) bond motifs is 1. The maximum atomic E-state index is 13.7. The predicted octanol–water partition coefficient (Wildman–Crippen LogP) is 3.16. The van der Waals surface area contributed by atoms with E-state index in [1.807, 2.05) is 19.9 Å². The molecule has 1 aromatic carbocycles. The molecule has 0 bridgehead atoms. The SMILES string of the molecule is Cc1sc2c(C)ccc(F)c2c1CCN. The van der Waals surface area contributed by atoms with E-state index in [2.05, 4.69) is 0 Å². The zero-order valence-corrected chi connectivity index (χ0v) is 9.75. The van der Waals surface area contributed by atoms with Crippen LogP contribution in [0.5, 0.6) is 0 Å². The third kappa shape index (κ3) is 1.66. The molecule has 0 saturated carbocycles. The molecule has 0 spiro atoms. The van der Waals surface area contributed by atoms with Crippen LogP contribution in [0.25, 0.3) is 10.1 Å². The third-order valence-corrected chi connectivity index (χ3v) is 3.96. The fourth-order valence-electron chi connectivity index (χ4n) is 1.91. The number of benzene rings is 1. The van der Waals surface area contributed by atoms with Gasteiger partial charge in [-0.1, -0.05) is 6.07 Å². The molecule has 1 nitrogen and oxygen atoms in total. The Morgan fingerprint density at radius 1 is 1.33 bits per heavy atom. The van der Waals surface area contributed by atoms with Gasteiger partial charge in [0.15, 0.2) is 0 Å². The van der Waals surface area contributed by atoms with E-state index in [1.165, 1.54) is 4.88 Å². The molecular formula is C12H14FNS. The molecule has 1 heterocycles. The molecule has 80 valence electrons. The Labute approximate surface area is 92.7 Å². The van der Waals surface area contributed by atoms with Crippen molar-refractivity contribution in [3.63, 3.8) is 0 Å². The van der Waals surface area contributed by atoms with Crippen molar-refractivity contribution < 1.29 is 4.39 Å². The Morgan fingerprint density at radius 3 is 2.73 bits per heavy atom. The summed E-state index contributed by atoms with van der Waals surface area (Å²) in [5, 5.41) is 0.781. The highest BCUT2D eigenvalue weighted by molar-refractivity contribution is 7.19. The summed E-state index contributed by atoms with van der Waals surface area (Å²) in [6.45, 7) is 4.62. The molecule has 0 aliphatic heterocycles. The second kappa shape index (κ2) is 3.91. The summed E-state index contributed by atoms with van der Waals surface area (Å²) < 4.78 is 14.8. The molecule has 0 fully saturated rings. The van der Waals surface area contributed by atoms with Crippen LogP contribution in [0.3, 0.4) is 0 Å². The highest BCUT2D eigenvalue weighted by Crippen LogP contribution is 2.34. The van der Waals surface area contributed by atoms with Crippen molar-refractivity contribution in [2.45, 2.75) is 20.3 Å². The second-order valence-electron chi connectivity index (χ2n) is 3.74. The maximum absolute atomic E-state index is 13.7. The van der Waals surface area contributed by atoms with Gasteiger partial charge in [-0.3, -0.25) is 0 Å². The fourth-order valence-corrected chi connectivity index (χ4v) is 3.10. The molecule has 0 aliphatic rings. The van der Waals surface area contributed by atoms with Crippen molar-refractivity contribution in [1.82, 2.24) is 0 Å². The lowest BCUT2D eigenvalue weighted by Gasteiger charge is -2.01. The van der Waals surface area contributed by atoms with Crippen LogP contribution in [0.2, 0.25) is 0 Å². The lowest BCUT2D eigenvalue weighted by Crippen LogP contribution is -2.03. The number of thiophene rings is 1. The summed E-state index contributed by atoms with van der Waals surface area (Å²) >= 11 is 1.66. The minimum atomic E-state index is -0.122. The minimum absolute atomic E-state index is 0.122. The predicted molar refractivity (Wildman–Crippen MR) is 64.0 cm³/mol. The molecule has 1 aromatic heterocycles. The molecule has 3 heteroatoms. The first kappa shape index (κ1) is 10.6. The van der Waals surface area contributed by atoms with E-state index in [-0.39, 0.29) is 5.82 Å². The Hall–Kier alpha value is -0.930. The molecule has 2 N–H and O–H groups in total. The van der Waals surface area contributed by atoms with Gasteiger partial charge in [-0.25, -0.2) is 4.39 Å². The summed E-state index contributed by atoms with van der Waals surface area (Å²) in [6, 6.07) is 3.38. The number of hydrogen-bond acceptors (Lipinski definition) is 2. The molecule has 0 unspecified atom stereocenters. The van der Waals surface area contributed by atoms with Gasteiger partial charge < -0.3 is 5.73 Å². The van der Waals surface area contributed by atoms with E-state index in [0.717, 1.165) is 27.6 Å². The largest absolute Gasteiger partial charge is 0.330 e. The molecule has 0 amide bonds. The van der Waals surface area contributed by atoms with E-state index in [4.69, 9.17) is 5.73 Å². The van der Waals surface area contributed by atoms with Crippen molar-refractivity contribution in [3.05, 3.63) is 34.0 Å². The van der Waals surface area contributed by atoms with Gasteiger partial charge in [-0.05, 0) is 44.0 Å². The monoisotopic (exact) mass is 223 g/mol. The first-order chi connectivity index (χ1) is 7.15. The average Bonchev–Trinajstić information content (AvgIpc) is 2.53. The first-order valence-corrected chi connectivity index (χ1v) is 5.84. The molecule has 0 aliphatic carbocycles. The van der Waals surface area contributed by atoms with Crippen molar-refractivity contribution in [2.24, 2.45) is 5.73 Å². The summed E-state index contributed by atoms with van der Waals surface area (Å²) in [5.41, 5.74) is 7.77. The van der Waals surface area contributed by atoms with Crippen LogP contribution in [0.1, 0.15) is 16.0 Å². The number of aryl methyl sites for hydroxylation is 2. The smallest absolute Gasteiger partial charge is 0.132 e. The Bertz CT molecular complexity index is 502. The number of nitrogens with two attached hydrogens (primary N) is 1. The summed E-state index contributed by atoms with van der Waals surface area (Å²) in [4.78, 5) is 1.18. The van der Waals surface area contributed by atoms with Crippen LogP contribution in [-0.4, -0.2) is 6.54 Å². The summed E-state index contributed by atoms with van der Waals surface area (Å²) in [6.07, 6.45) is 0.756. The van der Waals surface area contributed by atoms with Crippen LogP contribution < -0.4 is 5.73 Å². The van der Waals surface area contributed by atoms with Crippen LogP contribution in [0.15, 0.2) is 12.1 Å². The lowest BCUT2D eigenvalue weighted by atomic mass is 10.1. The Balaban J connectivity index is 2.79. The average molecular weight is 223 g/mol. The highest BCUT2D eigenvalue weighted by Gasteiger charge is 2.13. The molecule has 0 saturated heterocycles. The topological polar surface area (TPSA) is 26.0 Å². The van der Waals surface area contributed by atoms with Crippen molar-refractivity contribution >= 4 is 21.4 Å². The molecular weight excluding hydrogens is 209 g/mol. The second-order valence-corrected chi connectivity index (χ2v) is 4.97. The van der Waals surface area contributed by atoms with Gasteiger partial charge in [0.05, 0.1) is 0 Å². The van der Waals surface area contributed by atoms with E-state index in [9.17, 15) is 4.39 Å². The van der Waals surface area contributed by atoms with Crippen molar-refractivity contribution in [1.29, 1.82) is 0 Å². The molecule has 0 radical (unpaired) electrons.